The molecule has 0 spiro atoms. The molecule has 1 aliphatic rings. The van der Waals surface area contributed by atoms with Crippen LogP contribution in [0.1, 0.15) is 25.3 Å². The van der Waals surface area contributed by atoms with Gasteiger partial charge in [-0.25, -0.2) is 21.2 Å². The van der Waals surface area contributed by atoms with E-state index in [1.807, 2.05) is 0 Å². The monoisotopic (exact) mass is 412 g/mol. The molecule has 2 aromatic carbocycles. The van der Waals surface area contributed by atoms with Gasteiger partial charge in [-0.1, -0.05) is 6.92 Å². The van der Waals surface area contributed by atoms with E-state index in [4.69, 9.17) is 0 Å². The predicted molar refractivity (Wildman–Crippen MR) is 103 cm³/mol. The molecule has 27 heavy (non-hydrogen) atoms. The van der Waals surface area contributed by atoms with Gasteiger partial charge < -0.3 is 0 Å². The lowest BCUT2D eigenvalue weighted by molar-refractivity contribution is 0.585. The number of anilines is 2. The molecule has 0 aromatic heterocycles. The highest BCUT2D eigenvalue weighted by Gasteiger charge is 2.29. The van der Waals surface area contributed by atoms with Gasteiger partial charge in [0.05, 0.1) is 16.3 Å². The summed E-state index contributed by atoms with van der Waals surface area (Å²) >= 11 is 0. The third-order valence-electron chi connectivity index (χ3n) is 4.30. The molecule has 0 atom stereocenters. The minimum Gasteiger partial charge on any atom is -0.284 e. The van der Waals surface area contributed by atoms with Crippen molar-refractivity contribution in [2.45, 2.75) is 31.1 Å². The van der Waals surface area contributed by atoms with E-state index in [1.54, 1.807) is 25.1 Å². The number of nitrogens with zero attached hydrogens (tertiary/aromatic N) is 1. The molecule has 1 heterocycles. The summed E-state index contributed by atoms with van der Waals surface area (Å²) in [6.07, 6.45) is 1.76. The fourth-order valence-corrected chi connectivity index (χ4v) is 5.78. The van der Waals surface area contributed by atoms with Crippen LogP contribution < -0.4 is 9.03 Å². The summed E-state index contributed by atoms with van der Waals surface area (Å²) in [6.45, 7) is 2.10. The summed E-state index contributed by atoms with van der Waals surface area (Å²) in [6, 6.07) is 9.56. The number of hydrogen-bond acceptors (Lipinski definition) is 4. The number of aryl methyl sites for hydroxylation is 1. The summed E-state index contributed by atoms with van der Waals surface area (Å²) in [5.41, 5.74) is 1.69. The maximum absolute atomic E-state index is 13.1. The molecule has 0 saturated heterocycles. The van der Waals surface area contributed by atoms with Gasteiger partial charge in [0.15, 0.2) is 0 Å². The number of fused-ring (bicyclic) bond motifs is 1. The molecular weight excluding hydrogens is 391 g/mol. The van der Waals surface area contributed by atoms with Crippen molar-refractivity contribution in [2.75, 3.05) is 21.3 Å². The van der Waals surface area contributed by atoms with Crippen molar-refractivity contribution in [3.8, 4) is 0 Å². The first kappa shape index (κ1) is 19.6. The highest BCUT2D eigenvalue weighted by Crippen LogP contribution is 2.34. The lowest BCUT2D eigenvalue weighted by Gasteiger charge is -2.31. The van der Waals surface area contributed by atoms with E-state index < -0.39 is 25.9 Å². The molecule has 3 rings (SSSR count). The van der Waals surface area contributed by atoms with E-state index in [-0.39, 0.29) is 10.6 Å². The van der Waals surface area contributed by atoms with Gasteiger partial charge in [-0.2, -0.15) is 0 Å². The largest absolute Gasteiger partial charge is 0.284 e. The molecule has 0 saturated carbocycles. The maximum Gasteiger partial charge on any atom is 0.264 e. The summed E-state index contributed by atoms with van der Waals surface area (Å²) in [7, 11) is -7.24. The zero-order valence-corrected chi connectivity index (χ0v) is 16.5. The van der Waals surface area contributed by atoms with Crippen LogP contribution in [0.15, 0.2) is 47.4 Å². The van der Waals surface area contributed by atoms with Crippen LogP contribution in [0.2, 0.25) is 0 Å². The van der Waals surface area contributed by atoms with E-state index in [0.29, 0.717) is 37.2 Å². The number of hydrogen-bond donors (Lipinski definition) is 1. The standard InChI is InChI=1S/C18H21FN2O4S2/c1-2-12-26(22,23)20-16-7-10-18-14(13-16)4-3-11-21(18)27(24,25)17-8-5-15(19)6-9-17/h5-10,13,20H,2-4,11-12H2,1H3. The summed E-state index contributed by atoms with van der Waals surface area (Å²) in [5.74, 6) is -0.480. The number of rotatable bonds is 6. The van der Waals surface area contributed by atoms with Crippen LogP contribution in [-0.2, 0) is 26.5 Å². The van der Waals surface area contributed by atoms with Crippen LogP contribution in [0.4, 0.5) is 15.8 Å². The maximum atomic E-state index is 13.1. The molecule has 6 nitrogen and oxygen atoms in total. The molecule has 1 N–H and O–H groups in total. The van der Waals surface area contributed by atoms with Crippen molar-refractivity contribution in [1.29, 1.82) is 0 Å². The van der Waals surface area contributed by atoms with Crippen molar-refractivity contribution < 1.29 is 21.2 Å². The Labute approximate surface area is 159 Å². The Kier molecular flexibility index (Phi) is 5.43. The van der Waals surface area contributed by atoms with Crippen molar-refractivity contribution in [1.82, 2.24) is 0 Å². The van der Waals surface area contributed by atoms with Gasteiger partial charge in [-0.3, -0.25) is 9.03 Å². The molecule has 0 radical (unpaired) electrons. The van der Waals surface area contributed by atoms with Crippen LogP contribution in [0.5, 0.6) is 0 Å². The number of sulfonamides is 2. The lowest BCUT2D eigenvalue weighted by Crippen LogP contribution is -2.35. The molecule has 0 aliphatic carbocycles. The van der Waals surface area contributed by atoms with Gasteiger partial charge in [0, 0.05) is 12.2 Å². The van der Waals surface area contributed by atoms with E-state index in [9.17, 15) is 21.2 Å². The molecule has 0 amide bonds. The minimum absolute atomic E-state index is 0.0180. The van der Waals surface area contributed by atoms with Crippen LogP contribution in [0, 0.1) is 5.82 Å². The minimum atomic E-state index is -3.82. The Morgan fingerprint density at radius 3 is 2.44 bits per heavy atom. The molecular formula is C18H21FN2O4S2. The average molecular weight is 413 g/mol. The molecule has 0 unspecified atom stereocenters. The second-order valence-corrected chi connectivity index (χ2v) is 10.1. The van der Waals surface area contributed by atoms with E-state index in [2.05, 4.69) is 4.72 Å². The second kappa shape index (κ2) is 7.47. The fraction of sp³-hybridized carbons (Fsp3) is 0.333. The average Bonchev–Trinajstić information content (AvgIpc) is 2.61. The highest BCUT2D eigenvalue weighted by atomic mass is 32.2. The number of halogens is 1. The lowest BCUT2D eigenvalue weighted by atomic mass is 10.0. The van der Waals surface area contributed by atoms with Gasteiger partial charge in [0.2, 0.25) is 10.0 Å². The first-order valence-electron chi connectivity index (χ1n) is 8.65. The van der Waals surface area contributed by atoms with Crippen molar-refractivity contribution >= 4 is 31.4 Å². The Morgan fingerprint density at radius 1 is 1.07 bits per heavy atom. The van der Waals surface area contributed by atoms with Crippen LogP contribution in [-0.4, -0.2) is 29.1 Å². The molecule has 0 fully saturated rings. The van der Waals surface area contributed by atoms with Crippen molar-refractivity contribution in [3.05, 3.63) is 53.8 Å². The highest BCUT2D eigenvalue weighted by molar-refractivity contribution is 7.93. The molecule has 2 aromatic rings. The van der Waals surface area contributed by atoms with E-state index in [0.717, 1.165) is 17.7 Å². The Hall–Kier alpha value is -2.13. The summed E-state index contributed by atoms with van der Waals surface area (Å²) in [5, 5.41) is 0. The van der Waals surface area contributed by atoms with Crippen LogP contribution >= 0.6 is 0 Å². The Balaban J connectivity index is 1.94. The van der Waals surface area contributed by atoms with Crippen LogP contribution in [0.25, 0.3) is 0 Å². The summed E-state index contributed by atoms with van der Waals surface area (Å²) < 4.78 is 66.8. The molecule has 0 bridgehead atoms. The fourth-order valence-electron chi connectivity index (χ4n) is 3.11. The quantitative estimate of drug-likeness (QED) is 0.790. The number of nitrogens with one attached hydrogen (secondary N) is 1. The molecule has 9 heteroatoms. The Morgan fingerprint density at radius 2 is 1.78 bits per heavy atom. The first-order valence-corrected chi connectivity index (χ1v) is 11.7. The topological polar surface area (TPSA) is 83.6 Å². The SMILES string of the molecule is CCCS(=O)(=O)Nc1ccc2c(c1)CCCN2S(=O)(=O)c1ccc(F)cc1. The number of benzene rings is 2. The smallest absolute Gasteiger partial charge is 0.264 e. The predicted octanol–water partition coefficient (Wildman–Crippen LogP) is 3.12. The normalized spacial score (nSPS) is 14.7. The first-order chi connectivity index (χ1) is 12.7. The molecule has 146 valence electrons. The third-order valence-corrected chi connectivity index (χ3v) is 7.62. The van der Waals surface area contributed by atoms with Crippen molar-refractivity contribution in [2.24, 2.45) is 0 Å². The van der Waals surface area contributed by atoms with Crippen molar-refractivity contribution in [3.63, 3.8) is 0 Å². The van der Waals surface area contributed by atoms with E-state index >= 15 is 0 Å². The summed E-state index contributed by atoms with van der Waals surface area (Å²) in [4.78, 5) is 0.0180. The molecule has 1 aliphatic heterocycles. The van der Waals surface area contributed by atoms with Gasteiger partial charge in [-0.15, -0.1) is 0 Å². The van der Waals surface area contributed by atoms with E-state index in [1.165, 1.54) is 16.4 Å². The Bertz CT molecular complexity index is 1040. The van der Waals surface area contributed by atoms with Crippen LogP contribution in [0.3, 0.4) is 0 Å². The van der Waals surface area contributed by atoms with Gasteiger partial charge in [0.1, 0.15) is 5.82 Å². The second-order valence-electron chi connectivity index (χ2n) is 6.40. The zero-order chi connectivity index (χ0) is 19.7. The van der Waals surface area contributed by atoms with Gasteiger partial charge >= 0.3 is 0 Å². The van der Waals surface area contributed by atoms with Gasteiger partial charge in [-0.05, 0) is 67.3 Å². The zero-order valence-electron chi connectivity index (χ0n) is 14.9. The third kappa shape index (κ3) is 4.24. The van der Waals surface area contributed by atoms with Gasteiger partial charge in [0.25, 0.3) is 10.0 Å².